The summed E-state index contributed by atoms with van der Waals surface area (Å²) in [6.45, 7) is 0.542. The lowest BCUT2D eigenvalue weighted by Crippen LogP contribution is -2.27. The molecule has 1 aromatic carbocycles. The smallest absolute Gasteiger partial charge is 0.271 e. The Balaban J connectivity index is 2.05. The van der Waals surface area contributed by atoms with E-state index in [1.807, 2.05) is 0 Å². The van der Waals surface area contributed by atoms with Gasteiger partial charge < -0.3 is 5.32 Å². The number of amides is 1. The molecular weight excluding hydrogens is 303 g/mol. The van der Waals surface area contributed by atoms with Crippen LogP contribution in [-0.4, -0.2) is 17.4 Å². The average molecular weight is 317 g/mol. The Morgan fingerprint density at radius 3 is 2.65 bits per heavy atom. The van der Waals surface area contributed by atoms with Gasteiger partial charge in [-0.05, 0) is 12.3 Å². The lowest BCUT2D eigenvalue weighted by atomic mass is 9.83. The third-order valence-electron chi connectivity index (χ3n) is 3.53. The number of benzene rings is 1. The van der Waals surface area contributed by atoms with Crippen molar-refractivity contribution in [2.45, 2.75) is 25.7 Å². The lowest BCUT2D eigenvalue weighted by molar-refractivity contribution is -0.384. The van der Waals surface area contributed by atoms with Crippen LogP contribution in [-0.2, 0) is 0 Å². The molecule has 108 valence electrons. The summed E-state index contributed by atoms with van der Waals surface area (Å²) < 4.78 is 0. The molecule has 0 aliphatic heterocycles. The monoisotopic (exact) mass is 316 g/mol. The predicted octanol–water partition coefficient (Wildman–Crippen LogP) is 3.82. The molecule has 1 fully saturated rings. The Hall–Kier alpha value is -1.33. The van der Waals surface area contributed by atoms with Crippen LogP contribution in [0.5, 0.6) is 0 Å². The topological polar surface area (TPSA) is 72.2 Å². The second-order valence-corrected chi connectivity index (χ2v) is 5.67. The first kappa shape index (κ1) is 15.1. The van der Waals surface area contributed by atoms with Gasteiger partial charge in [0.05, 0.1) is 20.5 Å². The zero-order chi connectivity index (χ0) is 14.7. The maximum absolute atomic E-state index is 12.0. The zero-order valence-electron chi connectivity index (χ0n) is 10.7. The van der Waals surface area contributed by atoms with E-state index in [2.05, 4.69) is 5.32 Å². The van der Waals surface area contributed by atoms with Gasteiger partial charge in [0.25, 0.3) is 11.6 Å². The number of nitrogens with one attached hydrogen (secondary N) is 1. The van der Waals surface area contributed by atoms with Gasteiger partial charge in [-0.15, -0.1) is 0 Å². The minimum absolute atomic E-state index is 0.00464. The van der Waals surface area contributed by atoms with Gasteiger partial charge in [-0.3, -0.25) is 14.9 Å². The standard InChI is InChI=1S/C13H14Cl2N2O3/c14-11-7-9(17(19)20)6-10(12(11)15)13(18)16-5-4-8-2-1-3-8/h6-8H,1-5H2,(H,16,18). The Labute approximate surface area is 126 Å². The van der Waals surface area contributed by atoms with E-state index < -0.39 is 10.8 Å². The molecule has 1 aliphatic rings. The molecular formula is C13H14Cl2N2O3. The molecule has 0 bridgehead atoms. The van der Waals surface area contributed by atoms with E-state index in [-0.39, 0.29) is 21.3 Å². The van der Waals surface area contributed by atoms with Crippen LogP contribution in [0, 0.1) is 16.0 Å². The molecule has 7 heteroatoms. The number of hydrogen-bond donors (Lipinski definition) is 1. The molecule has 0 radical (unpaired) electrons. The van der Waals surface area contributed by atoms with Gasteiger partial charge in [0.2, 0.25) is 0 Å². The Morgan fingerprint density at radius 2 is 2.10 bits per heavy atom. The van der Waals surface area contributed by atoms with Crippen molar-refractivity contribution in [3.8, 4) is 0 Å². The fourth-order valence-corrected chi connectivity index (χ4v) is 2.52. The van der Waals surface area contributed by atoms with Crippen LogP contribution in [0.2, 0.25) is 10.0 Å². The summed E-state index contributed by atoms with van der Waals surface area (Å²) in [5.74, 6) is 0.249. The maximum Gasteiger partial charge on any atom is 0.271 e. The minimum atomic E-state index is -0.604. The third kappa shape index (κ3) is 3.41. The highest BCUT2D eigenvalue weighted by Gasteiger charge is 2.20. The Morgan fingerprint density at radius 1 is 1.40 bits per heavy atom. The number of carbonyl (C=O) groups is 1. The molecule has 0 atom stereocenters. The number of nitrogens with zero attached hydrogens (tertiary/aromatic N) is 1. The Bertz CT molecular complexity index is 545. The molecule has 1 saturated carbocycles. The summed E-state index contributed by atoms with van der Waals surface area (Å²) in [6.07, 6.45) is 4.59. The van der Waals surface area contributed by atoms with Crippen molar-refractivity contribution in [1.82, 2.24) is 5.32 Å². The van der Waals surface area contributed by atoms with Crippen molar-refractivity contribution in [2.75, 3.05) is 6.54 Å². The molecule has 0 spiro atoms. The first-order valence-corrected chi connectivity index (χ1v) is 7.16. The summed E-state index contributed by atoms with van der Waals surface area (Å²) >= 11 is 11.7. The van der Waals surface area contributed by atoms with Crippen LogP contribution in [0.3, 0.4) is 0 Å². The summed E-state index contributed by atoms with van der Waals surface area (Å²) in [6, 6.07) is 2.28. The number of nitro groups is 1. The van der Waals surface area contributed by atoms with Crippen molar-refractivity contribution >= 4 is 34.8 Å². The van der Waals surface area contributed by atoms with Gasteiger partial charge >= 0.3 is 0 Å². The highest BCUT2D eigenvalue weighted by Crippen LogP contribution is 2.31. The molecule has 5 nitrogen and oxygen atoms in total. The second kappa shape index (κ2) is 6.41. The zero-order valence-corrected chi connectivity index (χ0v) is 12.2. The number of rotatable bonds is 5. The minimum Gasteiger partial charge on any atom is -0.352 e. The van der Waals surface area contributed by atoms with Gasteiger partial charge in [0.1, 0.15) is 0 Å². The highest BCUT2D eigenvalue weighted by atomic mass is 35.5. The molecule has 20 heavy (non-hydrogen) atoms. The number of hydrogen-bond acceptors (Lipinski definition) is 3. The fraction of sp³-hybridized carbons (Fsp3) is 0.462. The molecule has 1 aliphatic carbocycles. The highest BCUT2D eigenvalue weighted by molar-refractivity contribution is 6.44. The maximum atomic E-state index is 12.0. The molecule has 1 aromatic rings. The number of non-ortho nitro benzene ring substituents is 1. The van der Waals surface area contributed by atoms with E-state index in [9.17, 15) is 14.9 Å². The van der Waals surface area contributed by atoms with Crippen molar-refractivity contribution < 1.29 is 9.72 Å². The SMILES string of the molecule is O=C(NCCC1CCC1)c1cc([N+](=O)[O-])cc(Cl)c1Cl. The van der Waals surface area contributed by atoms with Gasteiger partial charge in [-0.1, -0.05) is 42.5 Å². The van der Waals surface area contributed by atoms with Crippen LogP contribution in [0.15, 0.2) is 12.1 Å². The fourth-order valence-electron chi connectivity index (χ4n) is 2.11. The van der Waals surface area contributed by atoms with E-state index in [0.717, 1.165) is 18.6 Å². The average Bonchev–Trinajstić information content (AvgIpc) is 2.34. The van der Waals surface area contributed by atoms with Gasteiger partial charge in [-0.2, -0.15) is 0 Å². The normalized spacial score (nSPS) is 14.7. The first-order valence-electron chi connectivity index (χ1n) is 6.40. The summed E-state index contributed by atoms with van der Waals surface area (Å²) in [5, 5.41) is 13.5. The van der Waals surface area contributed by atoms with Crippen molar-refractivity contribution in [2.24, 2.45) is 5.92 Å². The molecule has 2 rings (SSSR count). The van der Waals surface area contributed by atoms with Crippen LogP contribution in [0.25, 0.3) is 0 Å². The molecule has 0 unspecified atom stereocenters. The van der Waals surface area contributed by atoms with Gasteiger partial charge in [-0.25, -0.2) is 0 Å². The first-order chi connectivity index (χ1) is 9.49. The van der Waals surface area contributed by atoms with E-state index in [4.69, 9.17) is 23.2 Å². The van der Waals surface area contributed by atoms with Crippen LogP contribution >= 0.6 is 23.2 Å². The molecule has 1 N–H and O–H groups in total. The Kier molecular flexibility index (Phi) is 4.83. The summed E-state index contributed by atoms with van der Waals surface area (Å²) in [7, 11) is 0. The number of halogens is 2. The van der Waals surface area contributed by atoms with E-state index >= 15 is 0 Å². The number of carbonyl (C=O) groups excluding carboxylic acids is 1. The van der Waals surface area contributed by atoms with Crippen molar-refractivity contribution in [1.29, 1.82) is 0 Å². The quantitative estimate of drug-likeness (QED) is 0.663. The molecule has 0 aromatic heterocycles. The van der Waals surface area contributed by atoms with Gasteiger partial charge in [0, 0.05) is 18.7 Å². The lowest BCUT2D eigenvalue weighted by Gasteiger charge is -2.25. The summed E-state index contributed by atoms with van der Waals surface area (Å²) in [4.78, 5) is 22.2. The van der Waals surface area contributed by atoms with Crippen LogP contribution in [0.1, 0.15) is 36.0 Å². The van der Waals surface area contributed by atoms with E-state index in [1.54, 1.807) is 0 Å². The second-order valence-electron chi connectivity index (χ2n) is 4.89. The van der Waals surface area contributed by atoms with Gasteiger partial charge in [0.15, 0.2) is 0 Å². The van der Waals surface area contributed by atoms with Crippen LogP contribution < -0.4 is 5.32 Å². The number of nitro benzene ring substituents is 1. The predicted molar refractivity (Wildman–Crippen MR) is 77.4 cm³/mol. The molecule has 0 heterocycles. The van der Waals surface area contributed by atoms with E-state index in [1.165, 1.54) is 19.3 Å². The van der Waals surface area contributed by atoms with Crippen LogP contribution in [0.4, 0.5) is 5.69 Å². The largest absolute Gasteiger partial charge is 0.352 e. The molecule has 0 saturated heterocycles. The summed E-state index contributed by atoms with van der Waals surface area (Å²) in [5.41, 5.74) is -0.206. The molecule has 1 amide bonds. The third-order valence-corrected chi connectivity index (χ3v) is 4.33. The van der Waals surface area contributed by atoms with E-state index in [0.29, 0.717) is 12.5 Å². The van der Waals surface area contributed by atoms with Crippen molar-refractivity contribution in [3.63, 3.8) is 0 Å². The van der Waals surface area contributed by atoms with Crippen molar-refractivity contribution in [3.05, 3.63) is 37.9 Å².